The van der Waals surface area contributed by atoms with E-state index in [0.717, 1.165) is 16.1 Å². The summed E-state index contributed by atoms with van der Waals surface area (Å²) in [5.74, 6) is -0.106. The van der Waals surface area contributed by atoms with Crippen LogP contribution in [0.4, 0.5) is 5.69 Å². The van der Waals surface area contributed by atoms with Gasteiger partial charge < -0.3 is 5.32 Å². The minimum absolute atomic E-state index is 0.106. The summed E-state index contributed by atoms with van der Waals surface area (Å²) in [5.41, 5.74) is 2.39. The van der Waals surface area contributed by atoms with Crippen LogP contribution in [-0.4, -0.2) is 12.2 Å². The summed E-state index contributed by atoms with van der Waals surface area (Å²) in [6.45, 7) is 1.92. The largest absolute Gasteiger partial charge is 0.322 e. The molecule has 98 valence electrons. The van der Waals surface area contributed by atoms with E-state index in [0.29, 0.717) is 5.56 Å². The molecule has 0 atom stereocenters. The van der Waals surface area contributed by atoms with Crippen molar-refractivity contribution in [3.8, 4) is 0 Å². The highest BCUT2D eigenvalue weighted by molar-refractivity contribution is 7.98. The number of benzene rings is 2. The molecule has 0 aromatic heterocycles. The first-order valence-corrected chi connectivity index (χ1v) is 7.52. The molecule has 4 heteroatoms. The second-order valence-corrected chi connectivity index (χ2v) is 5.58. The molecule has 1 N–H and O–H groups in total. The Balaban J connectivity index is 2.18. The van der Waals surface area contributed by atoms with Crippen LogP contribution in [0, 0.1) is 6.92 Å². The van der Waals surface area contributed by atoms with E-state index in [2.05, 4.69) is 17.9 Å². The molecule has 0 aliphatic rings. The van der Waals surface area contributed by atoms with Crippen LogP contribution < -0.4 is 5.32 Å². The van der Waals surface area contributed by atoms with Crippen LogP contribution in [0.2, 0.25) is 0 Å². The van der Waals surface area contributed by atoms with Crippen LogP contribution in [0.15, 0.2) is 52.3 Å². The van der Waals surface area contributed by atoms with E-state index in [1.165, 1.54) is 4.90 Å². The lowest BCUT2D eigenvalue weighted by molar-refractivity contribution is 0.102. The zero-order chi connectivity index (χ0) is 13.8. The molecule has 2 nitrogen and oxygen atoms in total. The lowest BCUT2D eigenvalue weighted by Crippen LogP contribution is -2.13. The van der Waals surface area contributed by atoms with Crippen LogP contribution in [-0.2, 0) is 0 Å². The fourth-order valence-corrected chi connectivity index (χ4v) is 2.34. The summed E-state index contributed by atoms with van der Waals surface area (Å²) >= 11 is 5.94. The number of carbonyl (C=O) groups excluding carboxylic acids is 1. The van der Waals surface area contributed by atoms with Gasteiger partial charge in [0.1, 0.15) is 0 Å². The normalized spacial score (nSPS) is 10.3. The van der Waals surface area contributed by atoms with Gasteiger partial charge in [-0.15, -0.1) is 24.4 Å². The Morgan fingerprint density at radius 2 is 1.84 bits per heavy atom. The number of rotatable bonds is 3. The molecule has 0 heterocycles. The Morgan fingerprint density at radius 1 is 1.16 bits per heavy atom. The van der Waals surface area contributed by atoms with Crippen molar-refractivity contribution in [2.45, 2.75) is 16.7 Å². The lowest BCUT2D eigenvalue weighted by Gasteiger charge is -2.08. The van der Waals surface area contributed by atoms with Crippen molar-refractivity contribution in [1.82, 2.24) is 0 Å². The molecule has 19 heavy (non-hydrogen) atoms. The third kappa shape index (κ3) is 3.55. The highest BCUT2D eigenvalue weighted by atomic mass is 32.2. The maximum Gasteiger partial charge on any atom is 0.255 e. The summed E-state index contributed by atoms with van der Waals surface area (Å²) in [6.07, 6.45) is 2.02. The number of thiol groups is 1. The molecule has 0 fully saturated rings. The van der Waals surface area contributed by atoms with E-state index in [4.69, 9.17) is 0 Å². The van der Waals surface area contributed by atoms with E-state index in [-0.39, 0.29) is 5.91 Å². The summed E-state index contributed by atoms with van der Waals surface area (Å²) in [6, 6.07) is 13.3. The van der Waals surface area contributed by atoms with Crippen LogP contribution in [0.3, 0.4) is 0 Å². The number of thioether (sulfide) groups is 1. The number of carbonyl (C=O) groups is 1. The quantitative estimate of drug-likeness (QED) is 0.653. The Hall–Kier alpha value is -1.39. The van der Waals surface area contributed by atoms with Gasteiger partial charge in [0.25, 0.3) is 5.91 Å². The van der Waals surface area contributed by atoms with Crippen molar-refractivity contribution >= 4 is 36.0 Å². The van der Waals surface area contributed by atoms with Gasteiger partial charge in [-0.05, 0) is 55.1 Å². The van der Waals surface area contributed by atoms with Gasteiger partial charge in [0, 0.05) is 21.0 Å². The minimum atomic E-state index is -0.106. The zero-order valence-electron chi connectivity index (χ0n) is 10.8. The molecule has 0 bridgehead atoms. The Kier molecular flexibility index (Phi) is 4.56. The fraction of sp³-hybridized carbons (Fsp3) is 0.133. The highest BCUT2D eigenvalue weighted by Gasteiger charge is 2.09. The summed E-state index contributed by atoms with van der Waals surface area (Å²) < 4.78 is 0. The average molecular weight is 289 g/mol. The van der Waals surface area contributed by atoms with Crippen LogP contribution in [0.25, 0.3) is 0 Å². The second kappa shape index (κ2) is 6.17. The molecule has 0 saturated heterocycles. The van der Waals surface area contributed by atoms with Crippen LogP contribution in [0.1, 0.15) is 15.9 Å². The molecule has 1 amide bonds. The smallest absolute Gasteiger partial charge is 0.255 e. The molecule has 0 radical (unpaired) electrons. The van der Waals surface area contributed by atoms with Crippen molar-refractivity contribution in [2.24, 2.45) is 0 Å². The maximum atomic E-state index is 12.2. The van der Waals surface area contributed by atoms with Gasteiger partial charge in [-0.3, -0.25) is 4.79 Å². The van der Waals surface area contributed by atoms with E-state index in [1.54, 1.807) is 17.8 Å². The topological polar surface area (TPSA) is 29.1 Å². The SMILES string of the molecule is CSc1ccc(NC(=O)c2cc(S)ccc2C)cc1. The summed E-state index contributed by atoms with van der Waals surface area (Å²) in [5, 5.41) is 2.90. The van der Waals surface area contributed by atoms with E-state index < -0.39 is 0 Å². The first kappa shape index (κ1) is 14.0. The van der Waals surface area contributed by atoms with Crippen LogP contribution in [0.5, 0.6) is 0 Å². The Labute approximate surface area is 123 Å². The van der Waals surface area contributed by atoms with Crippen molar-refractivity contribution < 1.29 is 4.79 Å². The number of amides is 1. The lowest BCUT2D eigenvalue weighted by atomic mass is 10.1. The summed E-state index contributed by atoms with van der Waals surface area (Å²) in [4.78, 5) is 14.1. The van der Waals surface area contributed by atoms with Gasteiger partial charge in [-0.2, -0.15) is 0 Å². The fourth-order valence-electron chi connectivity index (χ4n) is 1.73. The average Bonchev–Trinajstić information content (AvgIpc) is 2.42. The molecule has 0 unspecified atom stereocenters. The zero-order valence-corrected chi connectivity index (χ0v) is 12.5. The third-order valence-electron chi connectivity index (χ3n) is 2.81. The van der Waals surface area contributed by atoms with E-state index in [9.17, 15) is 4.79 Å². The highest BCUT2D eigenvalue weighted by Crippen LogP contribution is 2.19. The van der Waals surface area contributed by atoms with Crippen molar-refractivity contribution in [2.75, 3.05) is 11.6 Å². The standard InChI is InChI=1S/C15H15NOS2/c1-10-3-6-12(18)9-14(10)15(17)16-11-4-7-13(19-2)8-5-11/h3-9,18H,1-2H3,(H,16,17). The van der Waals surface area contributed by atoms with E-state index >= 15 is 0 Å². The Morgan fingerprint density at radius 3 is 2.47 bits per heavy atom. The molecule has 2 aromatic rings. The molecule has 2 rings (SSSR count). The second-order valence-electron chi connectivity index (χ2n) is 4.18. The van der Waals surface area contributed by atoms with Gasteiger partial charge in [-0.1, -0.05) is 6.07 Å². The molecular weight excluding hydrogens is 274 g/mol. The predicted octanol–water partition coefficient (Wildman–Crippen LogP) is 4.26. The first-order valence-electron chi connectivity index (χ1n) is 5.85. The number of hydrogen-bond acceptors (Lipinski definition) is 3. The molecule has 0 spiro atoms. The number of anilines is 1. The minimum Gasteiger partial charge on any atom is -0.322 e. The van der Waals surface area contributed by atoms with Gasteiger partial charge in [0.2, 0.25) is 0 Å². The monoisotopic (exact) mass is 289 g/mol. The van der Waals surface area contributed by atoms with Crippen molar-refractivity contribution in [3.05, 3.63) is 53.6 Å². The van der Waals surface area contributed by atoms with Gasteiger partial charge in [0.05, 0.1) is 0 Å². The molecular formula is C15H15NOS2. The number of nitrogens with one attached hydrogen (secondary N) is 1. The van der Waals surface area contributed by atoms with Gasteiger partial charge >= 0.3 is 0 Å². The molecule has 0 aliphatic heterocycles. The first-order chi connectivity index (χ1) is 9.10. The van der Waals surface area contributed by atoms with Gasteiger partial charge in [0.15, 0.2) is 0 Å². The number of aryl methyl sites for hydroxylation is 1. The molecule has 2 aromatic carbocycles. The van der Waals surface area contributed by atoms with Crippen molar-refractivity contribution in [3.63, 3.8) is 0 Å². The van der Waals surface area contributed by atoms with E-state index in [1.807, 2.05) is 49.6 Å². The maximum absolute atomic E-state index is 12.2. The third-order valence-corrected chi connectivity index (χ3v) is 3.84. The number of hydrogen-bond donors (Lipinski definition) is 2. The van der Waals surface area contributed by atoms with Gasteiger partial charge in [-0.25, -0.2) is 0 Å². The molecule has 0 saturated carbocycles. The van der Waals surface area contributed by atoms with Crippen molar-refractivity contribution in [1.29, 1.82) is 0 Å². The predicted molar refractivity (Wildman–Crippen MR) is 84.6 cm³/mol. The summed E-state index contributed by atoms with van der Waals surface area (Å²) in [7, 11) is 0. The molecule has 0 aliphatic carbocycles. The Bertz CT molecular complexity index is 594. The van der Waals surface area contributed by atoms with Crippen LogP contribution >= 0.6 is 24.4 Å².